The van der Waals surface area contributed by atoms with Crippen LogP contribution in [0.1, 0.15) is 0 Å². The molecule has 0 radical (unpaired) electrons. The highest BCUT2D eigenvalue weighted by Crippen LogP contribution is 2.30. The summed E-state index contributed by atoms with van der Waals surface area (Å²) in [5, 5.41) is 2.67. The van der Waals surface area contributed by atoms with Gasteiger partial charge in [-0.3, -0.25) is 0 Å². The van der Waals surface area contributed by atoms with Crippen molar-refractivity contribution in [3.8, 4) is 0 Å². The molecule has 0 fully saturated rings. The minimum absolute atomic E-state index is 1.34. The van der Waals surface area contributed by atoms with Crippen LogP contribution in [0.2, 0.25) is 13.1 Å². The second-order valence-electron chi connectivity index (χ2n) is 5.80. The van der Waals surface area contributed by atoms with Gasteiger partial charge in [-0.05, 0) is 0 Å². The summed E-state index contributed by atoms with van der Waals surface area (Å²) in [4.78, 5) is 0. The van der Waals surface area contributed by atoms with Gasteiger partial charge in [0.25, 0.3) is 0 Å². The van der Waals surface area contributed by atoms with Crippen molar-refractivity contribution in [1.82, 2.24) is 0 Å². The lowest BCUT2D eigenvalue weighted by atomic mass is 10.4. The topological polar surface area (TPSA) is 0 Å². The van der Waals surface area contributed by atoms with E-state index in [1.54, 1.807) is 0 Å². The number of hydrogen-bond donors (Lipinski definition) is 0. The molecule has 2 aromatic rings. The summed E-state index contributed by atoms with van der Waals surface area (Å²) in [6.45, 7) is 8.51. The van der Waals surface area contributed by atoms with E-state index in [2.05, 4.69) is 73.9 Å². The van der Waals surface area contributed by atoms with Gasteiger partial charge in [-0.1, -0.05) is 84.1 Å². The summed E-state index contributed by atoms with van der Waals surface area (Å²) in [5.74, 6) is 0. The summed E-state index contributed by atoms with van der Waals surface area (Å²) < 4.78 is 0. The lowest BCUT2D eigenvalue weighted by Gasteiger charge is -2.37. The second kappa shape index (κ2) is 6.67. The summed E-state index contributed by atoms with van der Waals surface area (Å²) in [5.41, 5.74) is -0.377. The third-order valence-corrected chi connectivity index (χ3v) is 41.5. The van der Waals surface area contributed by atoms with Crippen molar-refractivity contribution in [2.45, 2.75) is 13.1 Å². The van der Waals surface area contributed by atoms with Crippen LogP contribution in [0.15, 0.2) is 72.9 Å². The number of hydrogen-bond acceptors (Lipinski definition) is 0. The Morgan fingerprint density at radius 1 is 0.857 bits per heavy atom. The predicted octanol–water partition coefficient (Wildman–Crippen LogP) is 3.54. The molecule has 2 rings (SSSR count). The van der Waals surface area contributed by atoms with Crippen LogP contribution < -0.4 is 10.4 Å². The zero-order valence-electron chi connectivity index (χ0n) is 12.4. The van der Waals surface area contributed by atoms with Crippen LogP contribution in [0.3, 0.4) is 0 Å². The lowest BCUT2D eigenvalue weighted by Crippen LogP contribution is -2.69. The van der Waals surface area contributed by atoms with Crippen molar-refractivity contribution < 1.29 is 0 Å². The maximum Gasteiger partial charge on any atom is 0.238 e. The summed E-state index contributed by atoms with van der Waals surface area (Å²) in [6.07, 6.45) is 0. The molecule has 5 heteroatoms. The molecule has 21 heavy (non-hydrogen) atoms. The lowest BCUT2D eigenvalue weighted by molar-refractivity contribution is 1.74. The fraction of sp³-hybridized carbons (Fsp3) is 0.125. The molecule has 0 heterocycles. The van der Waals surface area contributed by atoms with Gasteiger partial charge in [0.05, 0.1) is 7.59 Å². The monoisotopic (exact) mass is 366 g/mol. The van der Waals surface area contributed by atoms with Crippen LogP contribution in [0.25, 0.3) is 0 Å². The Hall–Kier alpha value is -0.589. The Labute approximate surface area is 140 Å². The molecule has 0 spiro atoms. The van der Waals surface area contributed by atoms with Gasteiger partial charge in [0.2, 0.25) is 5.73 Å². The SMILES string of the molecule is C=C[Si](C)(C)[Si](Cl)(Cl)[SiH](c1ccccc1)c1ccccc1. The second-order valence-corrected chi connectivity index (χ2v) is 33.6. The molecule has 110 valence electrons. The standard InChI is InChI=1S/C16H20Cl2Si3/c1-4-20(2,3)21(17,18)19(15-11-7-5-8-12-15)16-13-9-6-10-14-16/h4-14,19H,1H2,2-3H3. The zero-order chi connectivity index (χ0) is 15.5. The first-order chi connectivity index (χ1) is 9.90. The Bertz CT molecular complexity index is 558. The fourth-order valence-electron chi connectivity index (χ4n) is 2.41. The van der Waals surface area contributed by atoms with E-state index >= 15 is 0 Å². The van der Waals surface area contributed by atoms with Crippen molar-refractivity contribution in [2.75, 3.05) is 0 Å². The first-order valence-corrected chi connectivity index (χ1v) is 18.1. The van der Waals surface area contributed by atoms with Crippen molar-refractivity contribution in [1.29, 1.82) is 0 Å². The smallest absolute Gasteiger partial charge is 0.153 e. The van der Waals surface area contributed by atoms with Crippen LogP contribution >= 0.6 is 22.2 Å². The quantitative estimate of drug-likeness (QED) is 0.560. The first-order valence-electron chi connectivity index (χ1n) is 7.01. The Morgan fingerprint density at radius 2 is 1.24 bits per heavy atom. The molecule has 0 amide bonds. The number of rotatable bonds is 5. The van der Waals surface area contributed by atoms with E-state index in [4.69, 9.17) is 22.2 Å². The normalized spacial score (nSPS) is 12.4. The van der Waals surface area contributed by atoms with Gasteiger partial charge in [0.1, 0.15) is 8.31 Å². The van der Waals surface area contributed by atoms with Gasteiger partial charge in [-0.25, -0.2) is 0 Å². The van der Waals surface area contributed by atoms with E-state index in [0.717, 1.165) is 0 Å². The van der Waals surface area contributed by atoms with E-state index in [1.807, 2.05) is 12.1 Å². The minimum Gasteiger partial charge on any atom is -0.153 e. The molecule has 0 aliphatic heterocycles. The maximum absolute atomic E-state index is 7.12. The van der Waals surface area contributed by atoms with Crippen LogP contribution in [-0.2, 0) is 0 Å². The van der Waals surface area contributed by atoms with Gasteiger partial charge in [0.15, 0.2) is 0 Å². The highest BCUT2D eigenvalue weighted by molar-refractivity contribution is 7.95. The van der Waals surface area contributed by atoms with Crippen molar-refractivity contribution >= 4 is 54.2 Å². The highest BCUT2D eigenvalue weighted by atomic mass is 35.7. The molecule has 0 atom stereocenters. The molecular weight excluding hydrogens is 347 g/mol. The molecule has 0 aliphatic carbocycles. The maximum atomic E-state index is 7.12. The van der Waals surface area contributed by atoms with Crippen LogP contribution in [0, 0.1) is 0 Å². The molecule has 0 nitrogen and oxygen atoms in total. The molecule has 0 unspecified atom stereocenters. The Balaban J connectivity index is 2.60. The van der Waals surface area contributed by atoms with E-state index in [0.29, 0.717) is 0 Å². The predicted molar refractivity (Wildman–Crippen MR) is 104 cm³/mol. The number of halogens is 2. The molecule has 0 aromatic heterocycles. The Kier molecular flexibility index (Phi) is 5.33. The van der Waals surface area contributed by atoms with Crippen LogP contribution in [0.4, 0.5) is 0 Å². The van der Waals surface area contributed by atoms with Gasteiger partial charge >= 0.3 is 0 Å². The van der Waals surface area contributed by atoms with Crippen molar-refractivity contribution in [2.24, 2.45) is 0 Å². The molecule has 0 N–H and O–H groups in total. The fourth-order valence-corrected chi connectivity index (χ4v) is 29.3. The average Bonchev–Trinajstić information content (AvgIpc) is 2.49. The third-order valence-electron chi connectivity index (χ3n) is 4.00. The van der Waals surface area contributed by atoms with Crippen LogP contribution in [0.5, 0.6) is 0 Å². The third kappa shape index (κ3) is 3.43. The zero-order valence-corrected chi connectivity index (χ0v) is 17.1. The van der Waals surface area contributed by atoms with Gasteiger partial charge in [-0.15, -0.1) is 12.3 Å². The summed E-state index contributed by atoms with van der Waals surface area (Å²) in [6, 6.07) is 21.2. The highest BCUT2D eigenvalue weighted by Gasteiger charge is 2.53. The summed E-state index contributed by atoms with van der Waals surface area (Å²) in [7, 11) is -3.48. The average molecular weight is 368 g/mol. The van der Waals surface area contributed by atoms with Gasteiger partial charge in [-0.2, -0.15) is 22.2 Å². The molecule has 2 aromatic carbocycles. The minimum atomic E-state index is -2.44. The molecule has 0 aliphatic rings. The number of benzene rings is 2. The van der Waals surface area contributed by atoms with E-state index in [9.17, 15) is 0 Å². The molecule has 0 saturated carbocycles. The largest absolute Gasteiger partial charge is 0.238 e. The Morgan fingerprint density at radius 3 is 1.57 bits per heavy atom. The van der Waals surface area contributed by atoms with E-state index in [1.165, 1.54) is 10.4 Å². The summed E-state index contributed by atoms with van der Waals surface area (Å²) >= 11 is 14.2. The molecule has 0 saturated heterocycles. The molecule has 0 bridgehead atoms. The van der Waals surface area contributed by atoms with Crippen LogP contribution in [-0.4, -0.2) is 21.6 Å². The van der Waals surface area contributed by atoms with Gasteiger partial charge in [0, 0.05) is 0 Å². The van der Waals surface area contributed by atoms with E-state index in [-0.39, 0.29) is 0 Å². The first kappa shape index (κ1) is 16.8. The van der Waals surface area contributed by atoms with Crippen molar-refractivity contribution in [3.05, 3.63) is 72.9 Å². The van der Waals surface area contributed by atoms with Gasteiger partial charge < -0.3 is 0 Å². The molecular formula is C16H20Cl2Si3. The van der Waals surface area contributed by atoms with E-state index < -0.39 is 21.6 Å². The van der Waals surface area contributed by atoms with Crippen molar-refractivity contribution in [3.63, 3.8) is 0 Å².